The van der Waals surface area contributed by atoms with Crippen molar-refractivity contribution >= 4 is 5.91 Å². The highest BCUT2D eigenvalue weighted by Gasteiger charge is 2.25. The first-order valence-electron chi connectivity index (χ1n) is 7.50. The Balaban J connectivity index is 2.40. The molecule has 3 N–H and O–H groups in total. The Labute approximate surface area is 118 Å². The lowest BCUT2D eigenvalue weighted by Gasteiger charge is -2.32. The summed E-state index contributed by atoms with van der Waals surface area (Å²) in [6.45, 7) is 9.96. The summed E-state index contributed by atoms with van der Waals surface area (Å²) in [5.41, 5.74) is 5.73. The molecule has 112 valence electrons. The summed E-state index contributed by atoms with van der Waals surface area (Å²) < 4.78 is 0. The molecule has 19 heavy (non-hydrogen) atoms. The lowest BCUT2D eigenvalue weighted by atomic mass is 9.83. The number of carbonyl (C=O) groups is 1. The van der Waals surface area contributed by atoms with Crippen LogP contribution in [-0.2, 0) is 4.79 Å². The summed E-state index contributed by atoms with van der Waals surface area (Å²) >= 11 is 0. The Kier molecular flexibility index (Phi) is 6.27. The Hall–Kier alpha value is -0.610. The largest absolute Gasteiger partial charge is 0.345 e. The highest BCUT2D eigenvalue weighted by Crippen LogP contribution is 2.25. The molecule has 1 fully saturated rings. The van der Waals surface area contributed by atoms with Gasteiger partial charge in [0.25, 0.3) is 0 Å². The summed E-state index contributed by atoms with van der Waals surface area (Å²) in [7, 11) is 1.90. The van der Waals surface area contributed by atoms with Crippen molar-refractivity contribution in [3.8, 4) is 0 Å². The highest BCUT2D eigenvalue weighted by atomic mass is 16.2. The van der Waals surface area contributed by atoms with Gasteiger partial charge in [-0.25, -0.2) is 0 Å². The van der Waals surface area contributed by atoms with Crippen molar-refractivity contribution in [2.45, 2.75) is 40.0 Å². The van der Waals surface area contributed by atoms with Crippen LogP contribution in [0.25, 0.3) is 0 Å². The van der Waals surface area contributed by atoms with E-state index in [4.69, 9.17) is 5.73 Å². The molecule has 1 atom stereocenters. The minimum Gasteiger partial charge on any atom is -0.345 e. The molecule has 1 aliphatic heterocycles. The molecule has 1 rings (SSSR count). The molecule has 0 aromatic rings. The van der Waals surface area contributed by atoms with Gasteiger partial charge in [0.15, 0.2) is 0 Å². The second-order valence-corrected chi connectivity index (χ2v) is 6.89. The predicted octanol–water partition coefficient (Wildman–Crippen LogP) is 1.46. The SMILES string of the molecule is CC(CC(=O)N(C)CC(C)(C)CN)C1CCNCC1. The number of hydrogen-bond donors (Lipinski definition) is 2. The predicted molar refractivity (Wildman–Crippen MR) is 79.8 cm³/mol. The molecule has 1 aliphatic rings. The van der Waals surface area contributed by atoms with Crippen LogP contribution in [0.4, 0.5) is 0 Å². The van der Waals surface area contributed by atoms with E-state index in [-0.39, 0.29) is 11.3 Å². The van der Waals surface area contributed by atoms with Crippen LogP contribution >= 0.6 is 0 Å². The van der Waals surface area contributed by atoms with Gasteiger partial charge in [0.1, 0.15) is 0 Å². The van der Waals surface area contributed by atoms with Gasteiger partial charge in [0.2, 0.25) is 5.91 Å². The van der Waals surface area contributed by atoms with Crippen molar-refractivity contribution in [3.05, 3.63) is 0 Å². The van der Waals surface area contributed by atoms with Crippen LogP contribution in [0.5, 0.6) is 0 Å². The zero-order chi connectivity index (χ0) is 14.5. The number of nitrogens with zero attached hydrogens (tertiary/aromatic N) is 1. The van der Waals surface area contributed by atoms with Gasteiger partial charge in [-0.05, 0) is 49.7 Å². The summed E-state index contributed by atoms with van der Waals surface area (Å²) in [5, 5.41) is 3.38. The van der Waals surface area contributed by atoms with E-state index in [0.29, 0.717) is 24.8 Å². The van der Waals surface area contributed by atoms with E-state index in [9.17, 15) is 4.79 Å². The lowest BCUT2D eigenvalue weighted by molar-refractivity contribution is -0.132. The average Bonchev–Trinajstić information content (AvgIpc) is 2.39. The van der Waals surface area contributed by atoms with Crippen molar-refractivity contribution < 1.29 is 4.79 Å². The number of piperidine rings is 1. The molecular weight excluding hydrogens is 238 g/mol. The third-order valence-corrected chi connectivity index (χ3v) is 4.33. The number of carbonyl (C=O) groups excluding carboxylic acids is 1. The molecule has 0 aliphatic carbocycles. The van der Waals surface area contributed by atoms with Crippen molar-refractivity contribution in [1.29, 1.82) is 0 Å². The van der Waals surface area contributed by atoms with Crippen LogP contribution in [0.3, 0.4) is 0 Å². The number of amides is 1. The lowest BCUT2D eigenvalue weighted by Crippen LogP contribution is -2.41. The topological polar surface area (TPSA) is 58.4 Å². The van der Waals surface area contributed by atoms with E-state index in [1.165, 1.54) is 12.8 Å². The molecule has 0 bridgehead atoms. The molecule has 0 saturated carbocycles. The molecule has 0 aromatic heterocycles. The first kappa shape index (κ1) is 16.4. The number of nitrogens with two attached hydrogens (primary N) is 1. The van der Waals surface area contributed by atoms with Crippen molar-refractivity contribution in [2.75, 3.05) is 33.2 Å². The van der Waals surface area contributed by atoms with Crippen LogP contribution in [0.15, 0.2) is 0 Å². The van der Waals surface area contributed by atoms with Gasteiger partial charge in [0, 0.05) is 20.0 Å². The van der Waals surface area contributed by atoms with Gasteiger partial charge >= 0.3 is 0 Å². The molecular formula is C15H31N3O. The fourth-order valence-corrected chi connectivity index (χ4v) is 2.81. The maximum absolute atomic E-state index is 12.3. The van der Waals surface area contributed by atoms with Crippen LogP contribution in [0, 0.1) is 17.3 Å². The molecule has 1 unspecified atom stereocenters. The second-order valence-electron chi connectivity index (χ2n) is 6.89. The quantitative estimate of drug-likeness (QED) is 0.767. The zero-order valence-corrected chi connectivity index (χ0v) is 13.0. The first-order valence-corrected chi connectivity index (χ1v) is 7.50. The smallest absolute Gasteiger partial charge is 0.222 e. The fourth-order valence-electron chi connectivity index (χ4n) is 2.81. The van der Waals surface area contributed by atoms with Gasteiger partial charge in [-0.2, -0.15) is 0 Å². The Morgan fingerprint density at radius 1 is 1.42 bits per heavy atom. The Bertz CT molecular complexity index is 285. The maximum atomic E-state index is 12.3. The van der Waals surface area contributed by atoms with Crippen LogP contribution in [0.1, 0.15) is 40.0 Å². The standard InChI is InChI=1S/C15H31N3O/c1-12(13-5-7-17-8-6-13)9-14(19)18(4)11-15(2,3)10-16/h12-13,17H,5-11,16H2,1-4H3. The van der Waals surface area contributed by atoms with E-state index in [1.54, 1.807) is 0 Å². The average molecular weight is 269 g/mol. The van der Waals surface area contributed by atoms with Crippen molar-refractivity contribution in [1.82, 2.24) is 10.2 Å². The van der Waals surface area contributed by atoms with Gasteiger partial charge in [0.05, 0.1) is 0 Å². The molecule has 0 spiro atoms. The fraction of sp³-hybridized carbons (Fsp3) is 0.933. The Morgan fingerprint density at radius 3 is 2.53 bits per heavy atom. The normalized spacial score (nSPS) is 19.2. The number of rotatable bonds is 6. The van der Waals surface area contributed by atoms with Gasteiger partial charge in [-0.15, -0.1) is 0 Å². The molecule has 1 amide bonds. The molecule has 1 heterocycles. The minimum absolute atomic E-state index is 0.00239. The number of nitrogens with one attached hydrogen (secondary N) is 1. The summed E-state index contributed by atoms with van der Waals surface area (Å²) in [4.78, 5) is 14.1. The molecule has 0 aromatic carbocycles. The summed E-state index contributed by atoms with van der Waals surface area (Å²) in [6.07, 6.45) is 3.07. The van der Waals surface area contributed by atoms with Crippen molar-refractivity contribution in [3.63, 3.8) is 0 Å². The monoisotopic (exact) mass is 269 g/mol. The minimum atomic E-state index is 0.00239. The first-order chi connectivity index (χ1) is 8.85. The van der Waals surface area contributed by atoms with E-state index >= 15 is 0 Å². The van der Waals surface area contributed by atoms with Gasteiger partial charge < -0.3 is 16.0 Å². The zero-order valence-electron chi connectivity index (χ0n) is 13.0. The van der Waals surface area contributed by atoms with Gasteiger partial charge in [-0.3, -0.25) is 4.79 Å². The second kappa shape index (κ2) is 7.25. The molecule has 1 saturated heterocycles. The molecule has 4 nitrogen and oxygen atoms in total. The van der Waals surface area contributed by atoms with Crippen LogP contribution < -0.4 is 11.1 Å². The van der Waals surface area contributed by atoms with Gasteiger partial charge in [-0.1, -0.05) is 20.8 Å². The third-order valence-electron chi connectivity index (χ3n) is 4.33. The third kappa shape index (κ3) is 5.49. The number of hydrogen-bond acceptors (Lipinski definition) is 3. The molecule has 4 heteroatoms. The van der Waals surface area contributed by atoms with Crippen molar-refractivity contribution in [2.24, 2.45) is 23.0 Å². The molecule has 0 radical (unpaired) electrons. The van der Waals surface area contributed by atoms with E-state index in [1.807, 2.05) is 11.9 Å². The van der Waals surface area contributed by atoms with Crippen LogP contribution in [-0.4, -0.2) is 44.0 Å². The maximum Gasteiger partial charge on any atom is 0.222 e. The van der Waals surface area contributed by atoms with E-state index in [2.05, 4.69) is 26.1 Å². The highest BCUT2D eigenvalue weighted by molar-refractivity contribution is 5.76. The van der Waals surface area contributed by atoms with E-state index < -0.39 is 0 Å². The summed E-state index contributed by atoms with van der Waals surface area (Å²) in [5.74, 6) is 1.44. The Morgan fingerprint density at radius 2 is 2.00 bits per heavy atom. The van der Waals surface area contributed by atoms with E-state index in [0.717, 1.165) is 19.6 Å². The summed E-state index contributed by atoms with van der Waals surface area (Å²) in [6, 6.07) is 0. The van der Waals surface area contributed by atoms with Crippen LogP contribution in [0.2, 0.25) is 0 Å².